The number of allylic oxidation sites excluding steroid dienone is 1. The van der Waals surface area contributed by atoms with E-state index in [0.717, 1.165) is 0 Å². The van der Waals surface area contributed by atoms with Gasteiger partial charge in [-0.05, 0) is 0 Å². The summed E-state index contributed by atoms with van der Waals surface area (Å²) in [6.45, 7) is 1.67. The molecule has 0 unspecified atom stereocenters. The Kier molecular flexibility index (Phi) is 2.67. The van der Waals surface area contributed by atoms with Gasteiger partial charge in [0.25, 0.3) is 0 Å². The maximum Gasteiger partial charge on any atom is 0.458 e. The monoisotopic (exact) mass is 214 g/mol. The molecule has 0 spiro atoms. The van der Waals surface area contributed by atoms with Crippen molar-refractivity contribution in [2.45, 2.75) is 18.3 Å². The van der Waals surface area contributed by atoms with Crippen molar-refractivity contribution in [3.63, 3.8) is 0 Å². The molecule has 0 rings (SSSR count). The molecule has 0 saturated heterocycles. The van der Waals surface area contributed by atoms with Gasteiger partial charge in [0.1, 0.15) is 5.57 Å². The van der Waals surface area contributed by atoms with Crippen molar-refractivity contribution in [2.75, 3.05) is 0 Å². The summed E-state index contributed by atoms with van der Waals surface area (Å²) in [5.74, 6) is -5.94. The molecule has 0 radical (unpaired) electrons. The van der Waals surface area contributed by atoms with Gasteiger partial charge in [-0.15, -0.1) is 0 Å². The van der Waals surface area contributed by atoms with Gasteiger partial charge in [-0.1, -0.05) is 6.58 Å². The van der Waals surface area contributed by atoms with Gasteiger partial charge < -0.3 is 0 Å². The van der Waals surface area contributed by atoms with E-state index in [2.05, 4.69) is 0 Å². The zero-order chi connectivity index (χ0) is 11.1. The third kappa shape index (κ3) is 2.31. The zero-order valence-corrected chi connectivity index (χ0v) is 5.73. The van der Waals surface area contributed by atoms with Crippen LogP contribution >= 0.6 is 0 Å². The van der Waals surface area contributed by atoms with E-state index in [1.807, 2.05) is 0 Å². The van der Waals surface area contributed by atoms with Crippen molar-refractivity contribution >= 4 is 0 Å². The lowest BCUT2D eigenvalue weighted by Gasteiger charge is -2.22. The van der Waals surface area contributed by atoms with Crippen LogP contribution in [0.3, 0.4) is 0 Å². The largest absolute Gasteiger partial charge is 0.458 e. The molecule has 0 fully saturated rings. The summed E-state index contributed by atoms with van der Waals surface area (Å²) in [6.07, 6.45) is -12.0. The van der Waals surface area contributed by atoms with Crippen LogP contribution < -0.4 is 0 Å². The first kappa shape index (κ1) is 12.2. The van der Waals surface area contributed by atoms with E-state index in [9.17, 15) is 35.1 Å². The lowest BCUT2D eigenvalue weighted by Crippen LogP contribution is -2.42. The molecule has 0 saturated carbocycles. The molecule has 0 aromatic carbocycles. The summed E-state index contributed by atoms with van der Waals surface area (Å²) in [7, 11) is 0. The second kappa shape index (κ2) is 2.85. The van der Waals surface area contributed by atoms with Gasteiger partial charge >= 0.3 is 18.3 Å². The molecule has 0 aliphatic rings. The number of hydrogen-bond acceptors (Lipinski definition) is 0. The minimum atomic E-state index is -6.28. The van der Waals surface area contributed by atoms with Crippen molar-refractivity contribution < 1.29 is 35.1 Å². The minimum Gasteiger partial charge on any atom is -0.191 e. The average Bonchev–Trinajstić information content (AvgIpc) is 1.81. The highest BCUT2D eigenvalue weighted by atomic mass is 19.4. The highest BCUT2D eigenvalue weighted by molar-refractivity contribution is 5.16. The third-order valence-electron chi connectivity index (χ3n) is 1.08. The van der Waals surface area contributed by atoms with Gasteiger partial charge in [0, 0.05) is 0 Å². The molecule has 13 heavy (non-hydrogen) atoms. The van der Waals surface area contributed by atoms with Crippen LogP contribution in [0.15, 0.2) is 12.2 Å². The molecule has 0 nitrogen and oxygen atoms in total. The Hall–Kier alpha value is -0.820. The van der Waals surface area contributed by atoms with Crippen LogP contribution in [0.4, 0.5) is 35.1 Å². The number of hydrogen-bond donors (Lipinski definition) is 0. The van der Waals surface area contributed by atoms with Crippen molar-refractivity contribution in [1.82, 2.24) is 0 Å². The molecule has 0 N–H and O–H groups in total. The maximum absolute atomic E-state index is 11.9. The molecule has 0 amide bonds. The first-order chi connectivity index (χ1) is 5.40. The Bertz CT molecular complexity index is 206. The van der Waals surface area contributed by atoms with Gasteiger partial charge in [-0.3, -0.25) is 0 Å². The Labute approximate surface area is 66.8 Å². The Morgan fingerprint density at radius 1 is 0.769 bits per heavy atom. The van der Waals surface area contributed by atoms with Gasteiger partial charge in [-0.2, -0.15) is 35.1 Å². The van der Waals surface area contributed by atoms with E-state index in [-0.39, 0.29) is 0 Å². The van der Waals surface area contributed by atoms with Gasteiger partial charge in [0.2, 0.25) is 0 Å². The van der Waals surface area contributed by atoms with Gasteiger partial charge in [0.05, 0.1) is 0 Å². The summed E-state index contributed by atoms with van der Waals surface area (Å²) in [4.78, 5) is 0. The molecule has 0 aliphatic heterocycles. The van der Waals surface area contributed by atoms with E-state index < -0.39 is 23.8 Å². The van der Waals surface area contributed by atoms with Crippen LogP contribution in [0, 0.1) is 0 Å². The molecule has 0 heterocycles. The lowest BCUT2D eigenvalue weighted by atomic mass is 10.1. The van der Waals surface area contributed by atoms with Crippen LogP contribution in [-0.2, 0) is 0 Å². The standard InChI is InChI=1S/C5H2F8/c1-2(4(8,9)10)3(6,7)5(11,12)13/h1H2. The van der Waals surface area contributed by atoms with Crippen LogP contribution in [0.2, 0.25) is 0 Å². The van der Waals surface area contributed by atoms with Crippen molar-refractivity contribution in [2.24, 2.45) is 0 Å². The highest BCUT2D eigenvalue weighted by Gasteiger charge is 2.65. The summed E-state index contributed by atoms with van der Waals surface area (Å²) in [5, 5.41) is 0. The van der Waals surface area contributed by atoms with E-state index in [0.29, 0.717) is 0 Å². The third-order valence-corrected chi connectivity index (χ3v) is 1.08. The summed E-state index contributed by atoms with van der Waals surface area (Å²) >= 11 is 0. The average molecular weight is 214 g/mol. The van der Waals surface area contributed by atoms with Gasteiger partial charge in [0.15, 0.2) is 0 Å². The second-order valence-corrected chi connectivity index (χ2v) is 2.05. The van der Waals surface area contributed by atoms with Crippen molar-refractivity contribution in [3.05, 3.63) is 12.2 Å². The fourth-order valence-corrected chi connectivity index (χ4v) is 0.349. The molecule has 0 aromatic rings. The molecular formula is C5H2F8. The molecule has 0 atom stereocenters. The van der Waals surface area contributed by atoms with Gasteiger partial charge in [-0.25, -0.2) is 0 Å². The lowest BCUT2D eigenvalue weighted by molar-refractivity contribution is -0.280. The van der Waals surface area contributed by atoms with Crippen molar-refractivity contribution in [3.8, 4) is 0 Å². The van der Waals surface area contributed by atoms with Crippen molar-refractivity contribution in [1.29, 1.82) is 0 Å². The molecule has 8 heteroatoms. The molecule has 78 valence electrons. The Morgan fingerprint density at radius 2 is 1.08 bits per heavy atom. The van der Waals surface area contributed by atoms with E-state index >= 15 is 0 Å². The fraction of sp³-hybridized carbons (Fsp3) is 0.600. The smallest absolute Gasteiger partial charge is 0.191 e. The summed E-state index contributed by atoms with van der Waals surface area (Å²) in [5.41, 5.74) is -3.12. The number of rotatable bonds is 1. The topological polar surface area (TPSA) is 0 Å². The first-order valence-corrected chi connectivity index (χ1v) is 2.62. The number of alkyl halides is 8. The molecule has 0 bridgehead atoms. The Morgan fingerprint density at radius 3 is 1.15 bits per heavy atom. The quantitative estimate of drug-likeness (QED) is 0.464. The Balaban J connectivity index is 4.98. The molecule has 0 aromatic heterocycles. The maximum atomic E-state index is 11.9. The van der Waals surface area contributed by atoms with Crippen LogP contribution in [0.25, 0.3) is 0 Å². The number of halogens is 8. The predicted molar refractivity (Wildman–Crippen MR) is 26.2 cm³/mol. The van der Waals surface area contributed by atoms with Crippen LogP contribution in [0.1, 0.15) is 0 Å². The minimum absolute atomic E-state index is 1.67. The SMILES string of the molecule is C=C(C(F)(F)F)C(F)(F)C(F)(F)F. The normalized spacial score (nSPS) is 14.5. The highest BCUT2D eigenvalue weighted by Crippen LogP contribution is 2.46. The predicted octanol–water partition coefficient (Wildman–Crippen LogP) is 3.30. The van der Waals surface area contributed by atoms with Crippen LogP contribution in [-0.4, -0.2) is 18.3 Å². The summed E-state index contributed by atoms with van der Waals surface area (Å²) < 4.78 is 91.8. The summed E-state index contributed by atoms with van der Waals surface area (Å²) in [6, 6.07) is 0. The van der Waals surface area contributed by atoms with E-state index in [1.54, 1.807) is 6.58 Å². The second-order valence-electron chi connectivity index (χ2n) is 2.05. The first-order valence-electron chi connectivity index (χ1n) is 2.62. The molecular weight excluding hydrogens is 212 g/mol. The van der Waals surface area contributed by atoms with Crippen LogP contribution in [0.5, 0.6) is 0 Å². The zero-order valence-electron chi connectivity index (χ0n) is 5.73. The fourth-order valence-electron chi connectivity index (χ4n) is 0.349. The molecule has 0 aliphatic carbocycles. The van der Waals surface area contributed by atoms with E-state index in [1.165, 1.54) is 0 Å². The van der Waals surface area contributed by atoms with E-state index in [4.69, 9.17) is 0 Å².